The van der Waals surface area contributed by atoms with Crippen molar-refractivity contribution in [1.82, 2.24) is 5.32 Å². The molecule has 1 aliphatic carbocycles. The first-order valence-corrected chi connectivity index (χ1v) is 5.82. The van der Waals surface area contributed by atoms with E-state index in [9.17, 15) is 0 Å². The van der Waals surface area contributed by atoms with Crippen LogP contribution in [0, 0.1) is 5.92 Å². The summed E-state index contributed by atoms with van der Waals surface area (Å²) in [7, 11) is 3.82. The van der Waals surface area contributed by atoms with Crippen molar-refractivity contribution in [1.29, 1.82) is 0 Å². The van der Waals surface area contributed by atoms with Crippen LogP contribution in [0.2, 0.25) is 0 Å². The molecule has 1 unspecified atom stereocenters. The quantitative estimate of drug-likeness (QED) is 0.721. The number of hydrogen-bond acceptors (Lipinski definition) is 2. The lowest BCUT2D eigenvalue weighted by atomic mass is 10.0. The average Bonchev–Trinajstić information content (AvgIpc) is 2.39. The van der Waals surface area contributed by atoms with Crippen LogP contribution in [0.4, 0.5) is 0 Å². The number of rotatable bonds is 4. The van der Waals surface area contributed by atoms with Crippen LogP contribution in [-0.2, 0) is 0 Å². The fourth-order valence-electron chi connectivity index (χ4n) is 1.93. The Hall–Kier alpha value is -1.15. The first-order valence-electron chi connectivity index (χ1n) is 5.82. The molecule has 0 aromatic carbocycles. The van der Waals surface area contributed by atoms with Gasteiger partial charge in [0.05, 0.1) is 0 Å². The summed E-state index contributed by atoms with van der Waals surface area (Å²) in [5, 5.41) is 3.15. The summed E-state index contributed by atoms with van der Waals surface area (Å²) in [5.41, 5.74) is 3.89. The molecule has 0 aliphatic heterocycles. The summed E-state index contributed by atoms with van der Waals surface area (Å²) in [6.07, 6.45) is 9.93. The Morgan fingerprint density at radius 2 is 2.12 bits per heavy atom. The normalized spacial score (nSPS) is 21.5. The number of nitrogens with zero attached hydrogens (tertiary/aromatic N) is 1. The third kappa shape index (κ3) is 4.15. The summed E-state index contributed by atoms with van der Waals surface area (Å²) in [4.78, 5) is 4.31. The molecule has 0 aromatic heterocycles. The van der Waals surface area contributed by atoms with E-state index in [1.807, 2.05) is 14.1 Å². The van der Waals surface area contributed by atoms with Crippen molar-refractivity contribution in [3.63, 3.8) is 0 Å². The standard InChI is InChI=1S/C14H22N2/c1-11-5-6-13(8-12(2)7-11)9-14(16-4)10-15-3/h5-8,12,15H,9-10H2,1-4H3. The number of aliphatic imine (C=N–C) groups is 1. The Morgan fingerprint density at radius 1 is 1.38 bits per heavy atom. The second-order valence-electron chi connectivity index (χ2n) is 4.34. The van der Waals surface area contributed by atoms with E-state index in [0.29, 0.717) is 5.92 Å². The van der Waals surface area contributed by atoms with E-state index in [1.54, 1.807) is 0 Å². The van der Waals surface area contributed by atoms with Gasteiger partial charge in [0.15, 0.2) is 0 Å². The third-order valence-corrected chi connectivity index (χ3v) is 2.67. The van der Waals surface area contributed by atoms with Gasteiger partial charge in [0, 0.05) is 25.7 Å². The Labute approximate surface area is 98.9 Å². The largest absolute Gasteiger partial charge is 0.315 e. The van der Waals surface area contributed by atoms with Crippen LogP contribution < -0.4 is 5.32 Å². The molecule has 0 saturated heterocycles. The maximum Gasteiger partial charge on any atom is 0.0336 e. The predicted molar refractivity (Wildman–Crippen MR) is 72.0 cm³/mol. The van der Waals surface area contributed by atoms with Crippen molar-refractivity contribution in [2.75, 3.05) is 20.6 Å². The Kier molecular flexibility index (Phi) is 5.20. The average molecular weight is 218 g/mol. The van der Waals surface area contributed by atoms with Gasteiger partial charge in [0.1, 0.15) is 0 Å². The molecule has 0 heterocycles. The molecule has 1 rings (SSSR count). The highest BCUT2D eigenvalue weighted by molar-refractivity contribution is 5.88. The van der Waals surface area contributed by atoms with Gasteiger partial charge in [-0.1, -0.05) is 36.8 Å². The molecule has 2 heteroatoms. The van der Waals surface area contributed by atoms with E-state index in [0.717, 1.165) is 13.0 Å². The molecule has 2 nitrogen and oxygen atoms in total. The van der Waals surface area contributed by atoms with Crippen LogP contribution in [-0.4, -0.2) is 26.4 Å². The fraction of sp³-hybridized carbons (Fsp3) is 0.500. The molecule has 0 amide bonds. The molecular weight excluding hydrogens is 196 g/mol. The van der Waals surface area contributed by atoms with Crippen LogP contribution in [0.25, 0.3) is 0 Å². The van der Waals surface area contributed by atoms with Gasteiger partial charge in [-0.05, 0) is 25.5 Å². The summed E-state index contributed by atoms with van der Waals surface area (Å²) < 4.78 is 0. The zero-order valence-corrected chi connectivity index (χ0v) is 10.7. The molecule has 0 bridgehead atoms. The molecule has 1 atom stereocenters. The molecule has 1 N–H and O–H groups in total. The summed E-state index contributed by atoms with van der Waals surface area (Å²) in [5.74, 6) is 0.512. The predicted octanol–water partition coefficient (Wildman–Crippen LogP) is 2.75. The van der Waals surface area contributed by atoms with Crippen molar-refractivity contribution in [3.05, 3.63) is 35.5 Å². The van der Waals surface area contributed by atoms with Crippen LogP contribution in [0.5, 0.6) is 0 Å². The summed E-state index contributed by atoms with van der Waals surface area (Å²) in [6, 6.07) is 0. The monoisotopic (exact) mass is 218 g/mol. The lowest BCUT2D eigenvalue weighted by molar-refractivity contribution is 0.911. The minimum Gasteiger partial charge on any atom is -0.315 e. The lowest BCUT2D eigenvalue weighted by Gasteiger charge is -2.07. The molecule has 1 aliphatic rings. The van der Waals surface area contributed by atoms with Gasteiger partial charge < -0.3 is 5.32 Å². The SMILES string of the molecule is CN=C(CNC)CC1=CC(C)C=C(C)C=C1. The van der Waals surface area contributed by atoms with Crippen molar-refractivity contribution in [2.45, 2.75) is 20.3 Å². The Morgan fingerprint density at radius 3 is 2.75 bits per heavy atom. The Bertz CT molecular complexity index is 346. The molecule has 0 fully saturated rings. The van der Waals surface area contributed by atoms with Gasteiger partial charge in [0.25, 0.3) is 0 Å². The van der Waals surface area contributed by atoms with Crippen molar-refractivity contribution in [3.8, 4) is 0 Å². The maximum atomic E-state index is 4.31. The summed E-state index contributed by atoms with van der Waals surface area (Å²) >= 11 is 0. The zero-order valence-electron chi connectivity index (χ0n) is 10.7. The van der Waals surface area contributed by atoms with E-state index in [1.165, 1.54) is 16.9 Å². The third-order valence-electron chi connectivity index (χ3n) is 2.67. The molecule has 0 spiro atoms. The van der Waals surface area contributed by atoms with Crippen LogP contribution in [0.1, 0.15) is 20.3 Å². The van der Waals surface area contributed by atoms with Gasteiger partial charge in [-0.2, -0.15) is 0 Å². The molecular formula is C14H22N2. The van der Waals surface area contributed by atoms with Gasteiger partial charge in [-0.3, -0.25) is 4.99 Å². The van der Waals surface area contributed by atoms with E-state index in [4.69, 9.17) is 0 Å². The highest BCUT2D eigenvalue weighted by atomic mass is 14.8. The smallest absolute Gasteiger partial charge is 0.0336 e. The number of allylic oxidation sites excluding steroid dienone is 6. The Balaban J connectivity index is 2.71. The highest BCUT2D eigenvalue weighted by Gasteiger charge is 2.05. The molecule has 16 heavy (non-hydrogen) atoms. The molecule has 0 saturated carbocycles. The van der Waals surface area contributed by atoms with Crippen molar-refractivity contribution in [2.24, 2.45) is 10.9 Å². The van der Waals surface area contributed by atoms with E-state index >= 15 is 0 Å². The summed E-state index contributed by atoms with van der Waals surface area (Å²) in [6.45, 7) is 5.23. The van der Waals surface area contributed by atoms with Crippen LogP contribution in [0.15, 0.2) is 40.4 Å². The first kappa shape index (κ1) is 12.9. The van der Waals surface area contributed by atoms with Crippen LogP contribution in [0.3, 0.4) is 0 Å². The van der Waals surface area contributed by atoms with E-state index < -0.39 is 0 Å². The molecule has 88 valence electrons. The second kappa shape index (κ2) is 6.44. The number of hydrogen-bond donors (Lipinski definition) is 1. The fourth-order valence-corrected chi connectivity index (χ4v) is 1.93. The van der Waals surface area contributed by atoms with E-state index in [-0.39, 0.29) is 0 Å². The minimum atomic E-state index is 0.512. The first-order chi connectivity index (χ1) is 7.65. The van der Waals surface area contributed by atoms with Gasteiger partial charge >= 0.3 is 0 Å². The number of nitrogens with one attached hydrogen (secondary N) is 1. The molecule has 0 aromatic rings. The molecule has 0 radical (unpaired) electrons. The van der Waals surface area contributed by atoms with Gasteiger partial charge in [0.2, 0.25) is 0 Å². The van der Waals surface area contributed by atoms with Gasteiger partial charge in [-0.25, -0.2) is 0 Å². The van der Waals surface area contributed by atoms with Crippen molar-refractivity contribution >= 4 is 5.71 Å². The highest BCUT2D eigenvalue weighted by Crippen LogP contribution is 2.17. The van der Waals surface area contributed by atoms with Crippen LogP contribution >= 0.6 is 0 Å². The van der Waals surface area contributed by atoms with Crippen molar-refractivity contribution < 1.29 is 0 Å². The maximum absolute atomic E-state index is 4.31. The lowest BCUT2D eigenvalue weighted by Crippen LogP contribution is -2.19. The zero-order chi connectivity index (χ0) is 12.0. The minimum absolute atomic E-state index is 0.512. The van der Waals surface area contributed by atoms with E-state index in [2.05, 4.69) is 48.5 Å². The topological polar surface area (TPSA) is 24.4 Å². The van der Waals surface area contributed by atoms with Gasteiger partial charge in [-0.15, -0.1) is 0 Å². The second-order valence-corrected chi connectivity index (χ2v) is 4.34.